The zero-order valence-corrected chi connectivity index (χ0v) is 9.79. The van der Waals surface area contributed by atoms with E-state index in [4.69, 9.17) is 0 Å². The van der Waals surface area contributed by atoms with E-state index < -0.39 is 0 Å². The first-order valence-corrected chi connectivity index (χ1v) is 5.03. The number of Topliss-reactive ketones (excluding diaryl/α,β-unsaturated/α-hetero) is 1. The average Bonchev–Trinajstić information content (AvgIpc) is 1.81. The maximum absolute atomic E-state index is 11.8. The number of hydrogen-bond acceptors (Lipinski definition) is 2. The van der Waals surface area contributed by atoms with Gasteiger partial charge in [0.15, 0.2) is 0 Å². The minimum atomic E-state index is 0.211. The number of hydrogen-bond donors (Lipinski definition) is 0. The Kier molecular flexibility index (Phi) is 5.23. The van der Waals surface area contributed by atoms with Gasteiger partial charge in [0.2, 0.25) is 0 Å². The highest BCUT2D eigenvalue weighted by Crippen LogP contribution is 2.21. The van der Waals surface area contributed by atoms with E-state index in [0.717, 1.165) is 0 Å². The van der Waals surface area contributed by atoms with Crippen molar-refractivity contribution in [3.8, 4) is 0 Å². The second kappa shape index (κ2) is 5.38. The van der Waals surface area contributed by atoms with Crippen molar-refractivity contribution in [2.45, 2.75) is 27.7 Å². The van der Waals surface area contributed by atoms with Gasteiger partial charge in [-0.15, -0.1) is 0 Å². The van der Waals surface area contributed by atoms with E-state index in [9.17, 15) is 4.79 Å². The van der Waals surface area contributed by atoms with Crippen LogP contribution < -0.4 is 0 Å². The van der Waals surface area contributed by atoms with Gasteiger partial charge in [-0.25, -0.2) is 0 Å². The minimum absolute atomic E-state index is 0.211. The molecule has 0 aliphatic carbocycles. The van der Waals surface area contributed by atoms with Crippen molar-refractivity contribution in [1.82, 2.24) is 4.90 Å². The first kappa shape index (κ1) is 12.6. The first-order valence-electron chi connectivity index (χ1n) is 5.03. The van der Waals surface area contributed by atoms with Crippen LogP contribution in [-0.4, -0.2) is 31.3 Å². The molecule has 0 unspecified atom stereocenters. The summed E-state index contributed by atoms with van der Waals surface area (Å²) in [6.07, 6.45) is 0. The Labute approximate surface area is 82.3 Å². The maximum atomic E-state index is 11.8. The predicted octanol–water partition coefficient (Wildman–Crippen LogP) is 2.05. The molecule has 0 rings (SSSR count). The summed E-state index contributed by atoms with van der Waals surface area (Å²) in [5.41, 5.74) is 0. The molecule has 0 aliphatic heterocycles. The van der Waals surface area contributed by atoms with E-state index in [1.54, 1.807) is 0 Å². The number of rotatable bonds is 5. The predicted molar refractivity (Wildman–Crippen MR) is 56.7 cm³/mol. The van der Waals surface area contributed by atoms with Gasteiger partial charge in [0.25, 0.3) is 0 Å². The van der Waals surface area contributed by atoms with Crippen LogP contribution in [-0.2, 0) is 4.79 Å². The van der Waals surface area contributed by atoms with Crippen molar-refractivity contribution in [2.75, 3.05) is 20.6 Å². The SMILES string of the molecule is CC(C)C(C(=O)CN(C)C)C(C)C. The lowest BCUT2D eigenvalue weighted by Gasteiger charge is -2.24. The molecule has 13 heavy (non-hydrogen) atoms. The topological polar surface area (TPSA) is 20.3 Å². The molecule has 0 aromatic carbocycles. The summed E-state index contributed by atoms with van der Waals surface area (Å²) in [6.45, 7) is 9.06. The van der Waals surface area contributed by atoms with Gasteiger partial charge >= 0.3 is 0 Å². The van der Waals surface area contributed by atoms with Gasteiger partial charge in [-0.2, -0.15) is 0 Å². The molecule has 2 heteroatoms. The molecule has 0 spiro atoms. The average molecular weight is 185 g/mol. The maximum Gasteiger partial charge on any atom is 0.150 e. The van der Waals surface area contributed by atoms with Crippen LogP contribution in [0.25, 0.3) is 0 Å². The number of ketones is 1. The summed E-state index contributed by atoms with van der Waals surface area (Å²) in [6, 6.07) is 0. The van der Waals surface area contributed by atoms with Crippen molar-refractivity contribution in [2.24, 2.45) is 17.8 Å². The van der Waals surface area contributed by atoms with Gasteiger partial charge in [0.1, 0.15) is 5.78 Å². The minimum Gasteiger partial charge on any atom is -0.302 e. The molecule has 78 valence electrons. The van der Waals surface area contributed by atoms with Gasteiger partial charge in [0.05, 0.1) is 6.54 Å². The molecule has 0 aliphatic rings. The lowest BCUT2D eigenvalue weighted by Crippen LogP contribution is -2.33. The lowest BCUT2D eigenvalue weighted by molar-refractivity contribution is -0.126. The van der Waals surface area contributed by atoms with Crippen LogP contribution in [0.1, 0.15) is 27.7 Å². The van der Waals surface area contributed by atoms with Crippen molar-refractivity contribution >= 4 is 5.78 Å². The molecule has 0 saturated carbocycles. The summed E-state index contributed by atoms with van der Waals surface area (Å²) in [5.74, 6) is 1.48. The van der Waals surface area contributed by atoms with Gasteiger partial charge in [-0.05, 0) is 25.9 Å². The lowest BCUT2D eigenvalue weighted by atomic mass is 9.82. The van der Waals surface area contributed by atoms with Crippen molar-refractivity contribution < 1.29 is 4.79 Å². The molecule has 0 bridgehead atoms. The first-order chi connectivity index (χ1) is 5.86. The van der Waals surface area contributed by atoms with Crippen molar-refractivity contribution in [3.05, 3.63) is 0 Å². The molecule has 0 atom stereocenters. The van der Waals surface area contributed by atoms with Crippen LogP contribution in [0.15, 0.2) is 0 Å². The molecule has 0 heterocycles. The zero-order chi connectivity index (χ0) is 10.6. The fraction of sp³-hybridized carbons (Fsp3) is 0.909. The number of carbonyl (C=O) groups excluding carboxylic acids is 1. The van der Waals surface area contributed by atoms with E-state index in [1.165, 1.54) is 0 Å². The van der Waals surface area contributed by atoms with Crippen LogP contribution in [0, 0.1) is 17.8 Å². The van der Waals surface area contributed by atoms with Crippen molar-refractivity contribution in [1.29, 1.82) is 0 Å². The fourth-order valence-electron chi connectivity index (χ4n) is 1.93. The molecule has 0 radical (unpaired) electrons. The summed E-state index contributed by atoms with van der Waals surface area (Å²) in [7, 11) is 3.88. The smallest absolute Gasteiger partial charge is 0.150 e. The summed E-state index contributed by atoms with van der Waals surface area (Å²) in [5, 5.41) is 0. The molecular weight excluding hydrogens is 162 g/mol. The highest BCUT2D eigenvalue weighted by Gasteiger charge is 2.25. The van der Waals surface area contributed by atoms with E-state index in [2.05, 4.69) is 27.7 Å². The molecule has 0 fully saturated rings. The number of carbonyl (C=O) groups is 1. The van der Waals surface area contributed by atoms with Crippen LogP contribution in [0.5, 0.6) is 0 Å². The largest absolute Gasteiger partial charge is 0.302 e. The highest BCUT2D eigenvalue weighted by atomic mass is 16.1. The molecule has 0 amide bonds. The number of nitrogens with zero attached hydrogens (tertiary/aromatic N) is 1. The van der Waals surface area contributed by atoms with Gasteiger partial charge in [0, 0.05) is 5.92 Å². The highest BCUT2D eigenvalue weighted by molar-refractivity contribution is 5.83. The van der Waals surface area contributed by atoms with E-state index in [0.29, 0.717) is 24.2 Å². The van der Waals surface area contributed by atoms with Crippen molar-refractivity contribution in [3.63, 3.8) is 0 Å². The third-order valence-corrected chi connectivity index (χ3v) is 2.28. The van der Waals surface area contributed by atoms with Crippen LogP contribution >= 0.6 is 0 Å². The Hall–Kier alpha value is -0.370. The van der Waals surface area contributed by atoms with E-state index in [-0.39, 0.29) is 5.92 Å². The second-order valence-electron chi connectivity index (χ2n) is 4.72. The molecule has 0 N–H and O–H groups in total. The summed E-state index contributed by atoms with van der Waals surface area (Å²) < 4.78 is 0. The molecular formula is C11H23NO. The Morgan fingerprint density at radius 2 is 1.46 bits per heavy atom. The fourth-order valence-corrected chi connectivity index (χ4v) is 1.93. The normalized spacial score (nSPS) is 12.2. The Morgan fingerprint density at radius 1 is 1.08 bits per heavy atom. The molecule has 2 nitrogen and oxygen atoms in total. The monoisotopic (exact) mass is 185 g/mol. The summed E-state index contributed by atoms with van der Waals surface area (Å²) in [4.78, 5) is 13.7. The third-order valence-electron chi connectivity index (χ3n) is 2.28. The van der Waals surface area contributed by atoms with Crippen LogP contribution in [0.4, 0.5) is 0 Å². The zero-order valence-electron chi connectivity index (χ0n) is 9.79. The third kappa shape index (κ3) is 4.41. The molecule has 0 saturated heterocycles. The van der Waals surface area contributed by atoms with Gasteiger partial charge < -0.3 is 4.90 Å². The van der Waals surface area contributed by atoms with E-state index in [1.807, 2.05) is 19.0 Å². The Balaban J connectivity index is 4.29. The number of likely N-dealkylation sites (N-methyl/N-ethyl adjacent to an activating group) is 1. The van der Waals surface area contributed by atoms with Crippen LogP contribution in [0.2, 0.25) is 0 Å². The quantitative estimate of drug-likeness (QED) is 0.653. The summed E-state index contributed by atoms with van der Waals surface area (Å²) >= 11 is 0. The van der Waals surface area contributed by atoms with Crippen LogP contribution in [0.3, 0.4) is 0 Å². The second-order valence-corrected chi connectivity index (χ2v) is 4.72. The Bertz CT molecular complexity index is 153. The molecule has 0 aromatic rings. The van der Waals surface area contributed by atoms with Gasteiger partial charge in [-0.1, -0.05) is 27.7 Å². The van der Waals surface area contributed by atoms with E-state index >= 15 is 0 Å². The standard InChI is InChI=1S/C11H23NO/c1-8(2)11(9(3)4)10(13)7-12(5)6/h8-9,11H,7H2,1-6H3. The Morgan fingerprint density at radius 3 is 1.69 bits per heavy atom. The molecule has 0 aromatic heterocycles. The van der Waals surface area contributed by atoms with Gasteiger partial charge in [-0.3, -0.25) is 4.79 Å².